The van der Waals surface area contributed by atoms with Crippen LogP contribution in [-0.4, -0.2) is 17.0 Å². The Kier molecular flexibility index (Phi) is 14.8. The Labute approximate surface area is 280 Å². The number of hydrogen-bond donors (Lipinski definition) is 2. The number of allylic oxidation sites excluding steroid dienone is 1. The maximum atomic E-state index is 13.4. The maximum absolute atomic E-state index is 13.4. The van der Waals surface area contributed by atoms with Crippen molar-refractivity contribution in [3.05, 3.63) is 114 Å². The zero-order chi connectivity index (χ0) is 34.5. The minimum Gasteiger partial charge on any atom is -0.380 e. The molecule has 4 aromatic carbocycles. The number of carbonyl (C=O) groups is 1. The van der Waals surface area contributed by atoms with Crippen molar-refractivity contribution < 1.29 is 4.79 Å². The summed E-state index contributed by atoms with van der Waals surface area (Å²) in [7, 11) is 0. The molecule has 0 unspecified atom stereocenters. The quantitative estimate of drug-likeness (QED) is 0.173. The molecular formula is C43H60N2O. The molecule has 2 N–H and O–H groups in total. The van der Waals surface area contributed by atoms with Crippen molar-refractivity contribution in [1.29, 1.82) is 0 Å². The smallest absolute Gasteiger partial charge is 0.252 e. The summed E-state index contributed by atoms with van der Waals surface area (Å²) in [6.45, 7) is 29.8. The first-order valence-corrected chi connectivity index (χ1v) is 17.2. The average Bonchev–Trinajstić information content (AvgIpc) is 3.01. The highest BCUT2D eigenvalue weighted by atomic mass is 16.1. The second kappa shape index (κ2) is 17.7. The lowest BCUT2D eigenvalue weighted by Gasteiger charge is -2.26. The fourth-order valence-corrected chi connectivity index (χ4v) is 5.34. The van der Waals surface area contributed by atoms with Crippen molar-refractivity contribution in [2.45, 2.75) is 119 Å². The summed E-state index contributed by atoms with van der Waals surface area (Å²) in [6.07, 6.45) is 6.02. The first-order valence-electron chi connectivity index (χ1n) is 17.2. The Hall–Kier alpha value is -3.85. The van der Waals surface area contributed by atoms with Gasteiger partial charge < -0.3 is 10.6 Å². The van der Waals surface area contributed by atoms with Gasteiger partial charge in [-0.3, -0.25) is 4.79 Å². The minimum absolute atomic E-state index is 0.0180. The van der Waals surface area contributed by atoms with Crippen molar-refractivity contribution in [2.75, 3.05) is 0 Å². The summed E-state index contributed by atoms with van der Waals surface area (Å²) >= 11 is 0. The molecule has 0 heterocycles. The van der Waals surface area contributed by atoms with E-state index in [0.29, 0.717) is 0 Å². The molecule has 0 atom stereocenters. The minimum atomic E-state index is -0.307. The van der Waals surface area contributed by atoms with E-state index in [1.165, 1.54) is 40.3 Å². The highest BCUT2D eigenvalue weighted by Crippen LogP contribution is 2.30. The number of unbranched alkanes of at least 4 members (excludes halogenated alkanes) is 1. The molecule has 4 rings (SSSR count). The number of nitrogens with one attached hydrogen (secondary N) is 2. The van der Waals surface area contributed by atoms with Gasteiger partial charge in [0.2, 0.25) is 0 Å². The Bertz CT molecular complexity index is 1480. The summed E-state index contributed by atoms with van der Waals surface area (Å²) in [5.41, 5.74) is 6.07. The van der Waals surface area contributed by atoms with Gasteiger partial charge in [-0.2, -0.15) is 0 Å². The monoisotopic (exact) mass is 620 g/mol. The van der Waals surface area contributed by atoms with Crippen LogP contribution in [0.4, 0.5) is 0 Å². The Balaban J connectivity index is 0.00000114. The number of fused-ring (bicyclic) bond motifs is 2. The molecule has 4 aromatic rings. The van der Waals surface area contributed by atoms with E-state index in [2.05, 4.69) is 113 Å². The van der Waals surface area contributed by atoms with Crippen molar-refractivity contribution >= 4 is 33.1 Å². The van der Waals surface area contributed by atoms with E-state index in [-0.39, 0.29) is 17.0 Å². The molecule has 0 fully saturated rings. The zero-order valence-corrected chi connectivity index (χ0v) is 30.5. The highest BCUT2D eigenvalue weighted by molar-refractivity contribution is 6.08. The zero-order valence-electron chi connectivity index (χ0n) is 30.5. The van der Waals surface area contributed by atoms with Crippen LogP contribution in [0.5, 0.6) is 0 Å². The predicted octanol–water partition coefficient (Wildman–Crippen LogP) is 11.8. The molecule has 0 saturated carbocycles. The topological polar surface area (TPSA) is 41.1 Å². The van der Waals surface area contributed by atoms with E-state index < -0.39 is 0 Å². The summed E-state index contributed by atoms with van der Waals surface area (Å²) in [5, 5.41) is 11.3. The van der Waals surface area contributed by atoms with E-state index in [1.54, 1.807) is 0 Å². The second-order valence-electron chi connectivity index (χ2n) is 13.9. The van der Waals surface area contributed by atoms with Crippen molar-refractivity contribution in [3.63, 3.8) is 0 Å². The maximum Gasteiger partial charge on any atom is 0.252 e. The van der Waals surface area contributed by atoms with Crippen LogP contribution < -0.4 is 10.6 Å². The number of rotatable bonds is 10. The molecule has 3 nitrogen and oxygen atoms in total. The van der Waals surface area contributed by atoms with E-state index in [4.69, 9.17) is 0 Å². The Morgan fingerprint density at radius 3 is 1.46 bits per heavy atom. The first kappa shape index (κ1) is 38.3. The molecule has 0 bridgehead atoms. The van der Waals surface area contributed by atoms with Gasteiger partial charge in [-0.15, -0.1) is 0 Å². The summed E-state index contributed by atoms with van der Waals surface area (Å²) in [6, 6.07) is 25.3. The average molecular weight is 621 g/mol. The summed E-state index contributed by atoms with van der Waals surface area (Å²) < 4.78 is 0. The van der Waals surface area contributed by atoms with Gasteiger partial charge in [0.15, 0.2) is 0 Å². The van der Waals surface area contributed by atoms with Crippen LogP contribution in [0.2, 0.25) is 0 Å². The Morgan fingerprint density at radius 2 is 1.02 bits per heavy atom. The van der Waals surface area contributed by atoms with Crippen LogP contribution in [0.3, 0.4) is 0 Å². The molecule has 0 aliphatic rings. The second-order valence-corrected chi connectivity index (χ2v) is 13.9. The molecule has 3 heteroatoms. The largest absolute Gasteiger partial charge is 0.380 e. The number of benzene rings is 4. The molecular weight excluding hydrogens is 560 g/mol. The third-order valence-corrected chi connectivity index (χ3v) is 7.57. The lowest BCUT2D eigenvalue weighted by molar-refractivity contribution is 0.0920. The lowest BCUT2D eigenvalue weighted by Crippen LogP contribution is -2.41. The molecule has 0 aliphatic carbocycles. The first-order chi connectivity index (χ1) is 21.7. The third kappa shape index (κ3) is 11.5. The van der Waals surface area contributed by atoms with E-state index >= 15 is 0 Å². The molecule has 0 radical (unpaired) electrons. The van der Waals surface area contributed by atoms with Crippen molar-refractivity contribution in [1.82, 2.24) is 10.6 Å². The van der Waals surface area contributed by atoms with Crippen LogP contribution in [0.1, 0.15) is 122 Å². The van der Waals surface area contributed by atoms with Crippen LogP contribution in [0.25, 0.3) is 27.2 Å². The number of aryl methyl sites for hydroxylation is 2. The SMILES string of the molecule is C=C(CCc1ccc2ccccc2c1C(=C)NC(C)(C)C)CCc1ccc2ccccc2c1C(=O)NC(C)(C)C.CC.CCCC. The van der Waals surface area contributed by atoms with Gasteiger partial charge >= 0.3 is 0 Å². The number of amides is 1. The molecule has 0 aliphatic heterocycles. The number of carbonyl (C=O) groups excluding carboxylic acids is 1. The van der Waals surface area contributed by atoms with Crippen LogP contribution in [0, 0.1) is 0 Å². The third-order valence-electron chi connectivity index (χ3n) is 7.57. The summed E-state index contributed by atoms with van der Waals surface area (Å²) in [4.78, 5) is 13.4. The van der Waals surface area contributed by atoms with Gasteiger partial charge in [-0.25, -0.2) is 0 Å². The van der Waals surface area contributed by atoms with Crippen LogP contribution >= 0.6 is 0 Å². The normalized spacial score (nSPS) is 11.2. The molecule has 0 saturated heterocycles. The molecule has 0 spiro atoms. The van der Waals surface area contributed by atoms with E-state index in [0.717, 1.165) is 53.3 Å². The predicted molar refractivity (Wildman–Crippen MR) is 205 cm³/mol. The lowest BCUT2D eigenvalue weighted by atomic mass is 9.90. The van der Waals surface area contributed by atoms with Crippen molar-refractivity contribution in [2.24, 2.45) is 0 Å². The fourth-order valence-electron chi connectivity index (χ4n) is 5.34. The van der Waals surface area contributed by atoms with Gasteiger partial charge in [0.05, 0.1) is 5.56 Å². The highest BCUT2D eigenvalue weighted by Gasteiger charge is 2.21. The van der Waals surface area contributed by atoms with E-state index in [1.807, 2.05) is 52.8 Å². The van der Waals surface area contributed by atoms with Crippen LogP contribution in [0.15, 0.2) is 91.5 Å². The van der Waals surface area contributed by atoms with Gasteiger partial charge in [-0.1, -0.05) is 132 Å². The van der Waals surface area contributed by atoms with Gasteiger partial charge in [0.25, 0.3) is 5.91 Å². The van der Waals surface area contributed by atoms with Gasteiger partial charge in [0, 0.05) is 22.3 Å². The molecule has 248 valence electrons. The van der Waals surface area contributed by atoms with Crippen molar-refractivity contribution in [3.8, 4) is 0 Å². The Morgan fingerprint density at radius 1 is 0.609 bits per heavy atom. The molecule has 1 amide bonds. The molecule has 0 aromatic heterocycles. The standard InChI is InChI=1S/C37H44N2O.C4H10.C2H6/c1-25(17-19-29-23-21-27-13-9-11-15-31(27)33(29)26(2)38-36(3,4)5)18-20-30-24-22-28-14-10-12-16-32(28)34(30)35(40)39-37(6,7)8;1-3-4-2;1-2/h9-16,21-24,38H,1-2,17-20H2,3-8H3,(H,39,40);3-4H2,1-2H3;1-2H3. The van der Waals surface area contributed by atoms with Gasteiger partial charge in [-0.05, 0) is 99.9 Å². The number of hydrogen-bond acceptors (Lipinski definition) is 2. The van der Waals surface area contributed by atoms with Gasteiger partial charge in [0.1, 0.15) is 0 Å². The van der Waals surface area contributed by atoms with E-state index in [9.17, 15) is 4.79 Å². The fraction of sp³-hybridized carbons (Fsp3) is 0.419. The van der Waals surface area contributed by atoms with Crippen LogP contribution in [-0.2, 0) is 12.8 Å². The summed E-state index contributed by atoms with van der Waals surface area (Å²) in [5.74, 6) is -0.0180. The molecule has 46 heavy (non-hydrogen) atoms.